The number of H-pyrrole nitrogens is 1. The molecule has 2 unspecified atom stereocenters. The first-order valence-corrected chi connectivity index (χ1v) is 12.2. The summed E-state index contributed by atoms with van der Waals surface area (Å²) in [6.45, 7) is 5.19. The molecule has 0 aliphatic heterocycles. The lowest BCUT2D eigenvalue weighted by atomic mass is 9.80. The van der Waals surface area contributed by atoms with Crippen LogP contribution in [0.4, 0.5) is 11.6 Å². The van der Waals surface area contributed by atoms with E-state index >= 15 is 0 Å². The number of nitrogens with zero attached hydrogens (tertiary/aromatic N) is 3. The number of anilines is 2. The van der Waals surface area contributed by atoms with Gasteiger partial charge >= 0.3 is 0 Å². The van der Waals surface area contributed by atoms with Crippen LogP contribution in [-0.2, 0) is 13.0 Å². The number of para-hydroxylation sites is 1. The molecule has 1 aliphatic rings. The Kier molecular flexibility index (Phi) is 6.20. The maximum Gasteiger partial charge on any atom is 0.223 e. The normalized spacial score (nSPS) is 20.5. The maximum atomic E-state index is 5.77. The van der Waals surface area contributed by atoms with E-state index < -0.39 is 0 Å². The highest BCUT2D eigenvalue weighted by molar-refractivity contribution is 5.95. The summed E-state index contributed by atoms with van der Waals surface area (Å²) in [6.07, 6.45) is 11.0. The lowest BCUT2D eigenvalue weighted by Gasteiger charge is -2.39. The van der Waals surface area contributed by atoms with Crippen LogP contribution in [-0.4, -0.2) is 31.5 Å². The summed E-state index contributed by atoms with van der Waals surface area (Å²) in [4.78, 5) is 17.5. The second-order valence-corrected chi connectivity index (χ2v) is 9.60. The van der Waals surface area contributed by atoms with Crippen LogP contribution < -0.4 is 16.4 Å². The highest BCUT2D eigenvalue weighted by Gasteiger charge is 2.32. The third kappa shape index (κ3) is 4.75. The van der Waals surface area contributed by atoms with Gasteiger partial charge in [-0.25, -0.2) is 9.97 Å². The molecule has 2 atom stereocenters. The third-order valence-electron chi connectivity index (χ3n) is 6.94. The lowest BCUT2D eigenvalue weighted by molar-refractivity contribution is 0.238. The van der Waals surface area contributed by atoms with Crippen LogP contribution >= 0.6 is 0 Å². The van der Waals surface area contributed by atoms with Gasteiger partial charge in [0.05, 0.1) is 23.3 Å². The summed E-state index contributed by atoms with van der Waals surface area (Å²) < 4.78 is 0. The van der Waals surface area contributed by atoms with Gasteiger partial charge in [0.15, 0.2) is 0 Å². The van der Waals surface area contributed by atoms with Gasteiger partial charge in [-0.3, -0.25) is 4.98 Å². The Morgan fingerprint density at radius 1 is 1.15 bits per heavy atom. The first kappa shape index (κ1) is 22.3. The summed E-state index contributed by atoms with van der Waals surface area (Å²) in [6, 6.07) is 12.6. The number of aromatic amines is 1. The highest BCUT2D eigenvalue weighted by atomic mass is 15.1. The number of nitrogens with one attached hydrogen (secondary N) is 3. The molecule has 34 heavy (non-hydrogen) atoms. The smallest absolute Gasteiger partial charge is 0.223 e. The zero-order valence-corrected chi connectivity index (χ0v) is 19.9. The summed E-state index contributed by atoms with van der Waals surface area (Å²) in [5, 5.41) is 8.56. The fourth-order valence-corrected chi connectivity index (χ4v) is 5.03. The molecule has 7 heteroatoms. The molecule has 1 aromatic carbocycles. The van der Waals surface area contributed by atoms with E-state index in [0.29, 0.717) is 17.7 Å². The molecule has 0 bridgehead atoms. The van der Waals surface area contributed by atoms with E-state index in [4.69, 9.17) is 10.7 Å². The molecule has 3 aromatic heterocycles. The van der Waals surface area contributed by atoms with E-state index in [1.807, 2.05) is 24.4 Å². The first-order valence-electron chi connectivity index (χ1n) is 12.2. The van der Waals surface area contributed by atoms with Gasteiger partial charge in [0.25, 0.3) is 0 Å². The minimum absolute atomic E-state index is 0.0298. The number of hydrogen-bond donors (Lipinski definition) is 4. The second kappa shape index (κ2) is 9.43. The van der Waals surface area contributed by atoms with Crippen molar-refractivity contribution in [3.8, 4) is 11.3 Å². The van der Waals surface area contributed by atoms with Gasteiger partial charge in [0, 0.05) is 47.0 Å². The van der Waals surface area contributed by atoms with Crippen molar-refractivity contribution in [3.05, 3.63) is 66.2 Å². The molecule has 1 saturated carbocycles. The monoisotopic (exact) mass is 455 g/mol. The second-order valence-electron chi connectivity index (χ2n) is 9.60. The van der Waals surface area contributed by atoms with Crippen molar-refractivity contribution < 1.29 is 0 Å². The minimum Gasteiger partial charge on any atom is -0.397 e. The zero-order valence-electron chi connectivity index (χ0n) is 19.9. The summed E-state index contributed by atoms with van der Waals surface area (Å²) in [7, 11) is 0. The molecule has 5 N–H and O–H groups in total. The van der Waals surface area contributed by atoms with Crippen molar-refractivity contribution in [2.24, 2.45) is 0 Å². The maximum absolute atomic E-state index is 5.77. The van der Waals surface area contributed by atoms with Gasteiger partial charge in [-0.15, -0.1) is 0 Å². The number of pyridine rings is 1. The van der Waals surface area contributed by atoms with Gasteiger partial charge < -0.3 is 21.4 Å². The summed E-state index contributed by atoms with van der Waals surface area (Å²) in [5.74, 6) is 0.701. The Morgan fingerprint density at radius 2 is 2.03 bits per heavy atom. The number of hydrogen-bond acceptors (Lipinski definition) is 6. The van der Waals surface area contributed by atoms with Crippen molar-refractivity contribution in [1.29, 1.82) is 0 Å². The Labute approximate surface area is 200 Å². The Balaban J connectivity index is 1.32. The van der Waals surface area contributed by atoms with Crippen molar-refractivity contribution in [1.82, 2.24) is 25.3 Å². The van der Waals surface area contributed by atoms with Crippen LogP contribution in [0.2, 0.25) is 0 Å². The fraction of sp³-hybridized carbons (Fsp3) is 0.370. The number of rotatable bonds is 7. The quantitative estimate of drug-likeness (QED) is 0.310. The molecule has 0 spiro atoms. The fourth-order valence-electron chi connectivity index (χ4n) is 5.03. The van der Waals surface area contributed by atoms with E-state index in [1.54, 1.807) is 6.20 Å². The van der Waals surface area contributed by atoms with Gasteiger partial charge in [0.2, 0.25) is 5.95 Å². The molecular formula is C27H33N7. The van der Waals surface area contributed by atoms with Crippen LogP contribution in [0, 0.1) is 0 Å². The van der Waals surface area contributed by atoms with E-state index in [9.17, 15) is 0 Å². The Morgan fingerprint density at radius 3 is 2.85 bits per heavy atom. The van der Waals surface area contributed by atoms with Gasteiger partial charge in [0.1, 0.15) is 0 Å². The number of benzene rings is 1. The largest absolute Gasteiger partial charge is 0.397 e. The minimum atomic E-state index is 0.0298. The highest BCUT2D eigenvalue weighted by Crippen LogP contribution is 2.32. The summed E-state index contributed by atoms with van der Waals surface area (Å²) >= 11 is 0. The number of nitrogen functional groups attached to an aromatic ring is 1. The van der Waals surface area contributed by atoms with E-state index in [-0.39, 0.29) is 5.54 Å². The Bertz CT molecular complexity index is 1260. The molecule has 3 heterocycles. The van der Waals surface area contributed by atoms with Crippen LogP contribution in [0.5, 0.6) is 0 Å². The topological polar surface area (TPSA) is 105 Å². The van der Waals surface area contributed by atoms with E-state index in [1.165, 1.54) is 5.39 Å². The summed E-state index contributed by atoms with van der Waals surface area (Å²) in [5.41, 5.74) is 11.9. The number of aromatic nitrogens is 4. The van der Waals surface area contributed by atoms with Gasteiger partial charge in [-0.2, -0.15) is 0 Å². The molecule has 0 radical (unpaired) electrons. The van der Waals surface area contributed by atoms with Crippen LogP contribution in [0.15, 0.2) is 55.0 Å². The molecule has 4 aromatic rings. The predicted molar refractivity (Wildman–Crippen MR) is 138 cm³/mol. The first-order chi connectivity index (χ1) is 16.5. The molecular weight excluding hydrogens is 422 g/mol. The average Bonchev–Trinajstić information content (AvgIpc) is 3.28. The van der Waals surface area contributed by atoms with E-state index in [0.717, 1.165) is 66.7 Å². The molecule has 0 amide bonds. The SMILES string of the molecule is CCc1cnc(NC2CCCC(C)(NCc3ccc(N)cn3)C2)nc1-c1c[nH]c2ccccc12. The van der Waals surface area contributed by atoms with Crippen molar-refractivity contribution in [3.63, 3.8) is 0 Å². The Hall–Kier alpha value is -3.45. The van der Waals surface area contributed by atoms with E-state index in [2.05, 4.69) is 63.8 Å². The lowest BCUT2D eigenvalue weighted by Crippen LogP contribution is -2.48. The zero-order chi connectivity index (χ0) is 23.5. The van der Waals surface area contributed by atoms with Gasteiger partial charge in [-0.05, 0) is 62.8 Å². The number of fused-ring (bicyclic) bond motifs is 1. The molecule has 176 valence electrons. The standard InChI is InChI=1S/C27H33N7/c1-3-18-14-31-26(34-25(18)23-17-30-24-9-5-4-8-22(23)24)33-20-7-6-12-27(2,13-20)32-16-21-11-10-19(28)15-29-21/h4-5,8-11,14-15,17,20,30,32H,3,6-7,12-13,16,28H2,1-2H3,(H,31,33,34). The molecule has 0 saturated heterocycles. The molecule has 5 rings (SSSR count). The number of nitrogens with two attached hydrogens (primary N) is 1. The average molecular weight is 456 g/mol. The van der Waals surface area contributed by atoms with Crippen molar-refractivity contribution in [2.45, 2.75) is 64.1 Å². The van der Waals surface area contributed by atoms with Crippen molar-refractivity contribution >= 4 is 22.5 Å². The van der Waals surface area contributed by atoms with Crippen molar-refractivity contribution in [2.75, 3.05) is 11.1 Å². The predicted octanol–water partition coefficient (Wildman–Crippen LogP) is 5.07. The van der Waals surface area contributed by atoms with Crippen LogP contribution in [0.3, 0.4) is 0 Å². The molecule has 7 nitrogen and oxygen atoms in total. The number of aryl methyl sites for hydroxylation is 1. The van der Waals surface area contributed by atoms with Crippen LogP contribution in [0.1, 0.15) is 50.8 Å². The van der Waals surface area contributed by atoms with Crippen LogP contribution in [0.25, 0.3) is 22.2 Å². The molecule has 1 fully saturated rings. The van der Waals surface area contributed by atoms with Gasteiger partial charge in [-0.1, -0.05) is 25.1 Å². The molecule has 1 aliphatic carbocycles. The third-order valence-corrected chi connectivity index (χ3v) is 6.94.